The van der Waals surface area contributed by atoms with Gasteiger partial charge < -0.3 is 5.32 Å². The Morgan fingerprint density at radius 3 is 2.63 bits per heavy atom. The lowest BCUT2D eigenvalue weighted by molar-refractivity contribution is -0.137. The van der Waals surface area contributed by atoms with Crippen LogP contribution in [0.15, 0.2) is 18.2 Å². The van der Waals surface area contributed by atoms with Crippen LogP contribution in [0.2, 0.25) is 0 Å². The van der Waals surface area contributed by atoms with E-state index in [2.05, 4.69) is 12.2 Å². The maximum atomic E-state index is 12.6. The largest absolute Gasteiger partial charge is 0.416 e. The second-order valence-corrected chi connectivity index (χ2v) is 5.57. The van der Waals surface area contributed by atoms with Crippen molar-refractivity contribution >= 4 is 0 Å². The van der Waals surface area contributed by atoms with Crippen molar-refractivity contribution < 1.29 is 13.2 Å². The minimum Gasteiger partial charge on any atom is -0.316 e. The van der Waals surface area contributed by atoms with Gasteiger partial charge in [0.05, 0.1) is 5.56 Å². The van der Waals surface area contributed by atoms with E-state index in [4.69, 9.17) is 0 Å². The van der Waals surface area contributed by atoms with Crippen LogP contribution in [0.25, 0.3) is 0 Å². The number of benzene rings is 1. The first-order valence-corrected chi connectivity index (χ1v) is 6.75. The molecule has 0 bridgehead atoms. The molecule has 106 valence electrons. The van der Waals surface area contributed by atoms with Gasteiger partial charge in [0.15, 0.2) is 0 Å². The van der Waals surface area contributed by atoms with E-state index in [1.165, 1.54) is 12.1 Å². The number of halogens is 3. The third kappa shape index (κ3) is 3.50. The van der Waals surface area contributed by atoms with Gasteiger partial charge in [-0.05, 0) is 68.0 Å². The van der Waals surface area contributed by atoms with Crippen molar-refractivity contribution in [2.24, 2.45) is 11.8 Å². The first-order valence-electron chi connectivity index (χ1n) is 6.75. The van der Waals surface area contributed by atoms with Crippen LogP contribution in [0.3, 0.4) is 0 Å². The van der Waals surface area contributed by atoms with Gasteiger partial charge in [0, 0.05) is 0 Å². The van der Waals surface area contributed by atoms with Gasteiger partial charge in [-0.25, -0.2) is 0 Å². The summed E-state index contributed by atoms with van der Waals surface area (Å²) < 4.78 is 37.8. The van der Waals surface area contributed by atoms with Gasteiger partial charge in [0.2, 0.25) is 0 Å². The summed E-state index contributed by atoms with van der Waals surface area (Å²) in [6.07, 6.45) is -2.24. The predicted octanol–water partition coefficient (Wildman–Crippen LogP) is 3.80. The van der Waals surface area contributed by atoms with E-state index in [1.54, 1.807) is 13.0 Å². The number of aryl methyl sites for hydroxylation is 1. The molecule has 1 aliphatic heterocycles. The van der Waals surface area contributed by atoms with Crippen molar-refractivity contribution in [2.45, 2.75) is 32.9 Å². The van der Waals surface area contributed by atoms with Crippen molar-refractivity contribution in [3.8, 4) is 0 Å². The molecule has 2 unspecified atom stereocenters. The lowest BCUT2D eigenvalue weighted by atomic mass is 9.82. The minimum absolute atomic E-state index is 0.518. The third-order valence-electron chi connectivity index (χ3n) is 4.14. The highest BCUT2D eigenvalue weighted by atomic mass is 19.4. The fourth-order valence-electron chi connectivity index (χ4n) is 2.71. The van der Waals surface area contributed by atoms with E-state index < -0.39 is 11.7 Å². The number of nitrogens with one attached hydrogen (secondary N) is 1. The van der Waals surface area contributed by atoms with Gasteiger partial charge in [0.1, 0.15) is 0 Å². The number of hydrogen-bond acceptors (Lipinski definition) is 1. The first kappa shape index (κ1) is 14.4. The highest BCUT2D eigenvalue weighted by Crippen LogP contribution is 2.31. The molecule has 0 aliphatic carbocycles. The number of hydrogen-bond donors (Lipinski definition) is 1. The van der Waals surface area contributed by atoms with Gasteiger partial charge in [-0.1, -0.05) is 13.0 Å². The topological polar surface area (TPSA) is 12.0 Å². The Hall–Kier alpha value is -1.03. The molecule has 1 fully saturated rings. The molecule has 1 aliphatic rings. The number of piperidine rings is 1. The predicted molar refractivity (Wildman–Crippen MR) is 70.0 cm³/mol. The van der Waals surface area contributed by atoms with Gasteiger partial charge >= 0.3 is 6.18 Å². The molecule has 4 heteroatoms. The number of alkyl halides is 3. The van der Waals surface area contributed by atoms with Crippen LogP contribution >= 0.6 is 0 Å². The molecule has 0 amide bonds. The minimum atomic E-state index is -4.25. The summed E-state index contributed by atoms with van der Waals surface area (Å²) in [5.41, 5.74) is 1.23. The summed E-state index contributed by atoms with van der Waals surface area (Å²) in [6, 6.07) is 4.10. The lowest BCUT2D eigenvalue weighted by Crippen LogP contribution is -2.36. The van der Waals surface area contributed by atoms with Crippen molar-refractivity contribution in [2.75, 3.05) is 13.1 Å². The zero-order chi connectivity index (χ0) is 14.0. The zero-order valence-electron chi connectivity index (χ0n) is 11.3. The summed E-state index contributed by atoms with van der Waals surface area (Å²) in [4.78, 5) is 0. The van der Waals surface area contributed by atoms with Crippen LogP contribution in [0.5, 0.6) is 0 Å². The monoisotopic (exact) mass is 271 g/mol. The fourth-order valence-corrected chi connectivity index (χ4v) is 2.71. The van der Waals surface area contributed by atoms with Gasteiger partial charge in [-0.15, -0.1) is 0 Å². The second kappa shape index (κ2) is 5.53. The summed E-state index contributed by atoms with van der Waals surface area (Å²) in [5.74, 6) is 1.15. The smallest absolute Gasteiger partial charge is 0.316 e. The van der Waals surface area contributed by atoms with E-state index in [1.807, 2.05) is 0 Å². The van der Waals surface area contributed by atoms with Crippen LogP contribution in [0, 0.1) is 18.8 Å². The molecule has 0 saturated carbocycles. The Morgan fingerprint density at radius 1 is 1.32 bits per heavy atom. The van der Waals surface area contributed by atoms with E-state index in [9.17, 15) is 13.2 Å². The van der Waals surface area contributed by atoms with Gasteiger partial charge in [-0.3, -0.25) is 0 Å². The summed E-state index contributed by atoms with van der Waals surface area (Å²) in [7, 11) is 0. The van der Waals surface area contributed by atoms with E-state index in [-0.39, 0.29) is 0 Å². The van der Waals surface area contributed by atoms with Crippen LogP contribution in [0.4, 0.5) is 13.2 Å². The zero-order valence-corrected chi connectivity index (χ0v) is 11.3. The van der Waals surface area contributed by atoms with Crippen molar-refractivity contribution in [1.82, 2.24) is 5.32 Å². The maximum Gasteiger partial charge on any atom is 0.416 e. The molecule has 0 spiro atoms. The first-order chi connectivity index (χ1) is 8.88. The maximum absolute atomic E-state index is 12.6. The standard InChI is InChI=1S/C15H20F3N/c1-10-5-6-19-9-13(10)8-12-3-4-14(7-11(12)2)15(16,17)18/h3-4,7,10,13,19H,5-6,8-9H2,1-2H3. The average molecular weight is 271 g/mol. The van der Waals surface area contributed by atoms with Gasteiger partial charge in [0.25, 0.3) is 0 Å². The molecule has 0 aromatic heterocycles. The van der Waals surface area contributed by atoms with Crippen molar-refractivity contribution in [3.63, 3.8) is 0 Å². The molecule has 0 radical (unpaired) electrons. The molecule has 1 N–H and O–H groups in total. The van der Waals surface area contributed by atoms with E-state index >= 15 is 0 Å². The molecule has 2 atom stereocenters. The molecular formula is C15H20F3N. The Balaban J connectivity index is 2.13. The van der Waals surface area contributed by atoms with E-state index in [0.29, 0.717) is 11.8 Å². The third-order valence-corrected chi connectivity index (χ3v) is 4.14. The molecule has 1 heterocycles. The highest BCUT2D eigenvalue weighted by Gasteiger charge is 2.31. The summed E-state index contributed by atoms with van der Waals surface area (Å²) in [5, 5.41) is 3.36. The lowest BCUT2D eigenvalue weighted by Gasteiger charge is -2.30. The van der Waals surface area contributed by atoms with E-state index in [0.717, 1.165) is 37.1 Å². The highest BCUT2D eigenvalue weighted by molar-refractivity contribution is 5.33. The quantitative estimate of drug-likeness (QED) is 0.862. The molecule has 1 saturated heterocycles. The molecule has 2 rings (SSSR count). The Bertz CT molecular complexity index is 440. The Kier molecular flexibility index (Phi) is 4.19. The summed E-state index contributed by atoms with van der Waals surface area (Å²) in [6.45, 7) is 6.00. The summed E-state index contributed by atoms with van der Waals surface area (Å²) >= 11 is 0. The second-order valence-electron chi connectivity index (χ2n) is 5.57. The molecule has 1 aromatic carbocycles. The van der Waals surface area contributed by atoms with Crippen molar-refractivity contribution in [1.29, 1.82) is 0 Å². The number of rotatable bonds is 2. The Labute approximate surface area is 112 Å². The van der Waals surface area contributed by atoms with Crippen LogP contribution in [0.1, 0.15) is 30.0 Å². The van der Waals surface area contributed by atoms with Crippen LogP contribution in [-0.2, 0) is 12.6 Å². The Morgan fingerprint density at radius 2 is 2.05 bits per heavy atom. The van der Waals surface area contributed by atoms with Crippen molar-refractivity contribution in [3.05, 3.63) is 34.9 Å². The van der Waals surface area contributed by atoms with Crippen LogP contribution in [-0.4, -0.2) is 13.1 Å². The van der Waals surface area contributed by atoms with Crippen LogP contribution < -0.4 is 5.32 Å². The average Bonchev–Trinajstić information content (AvgIpc) is 2.33. The molecular weight excluding hydrogens is 251 g/mol. The molecule has 1 nitrogen and oxygen atoms in total. The van der Waals surface area contributed by atoms with Gasteiger partial charge in [-0.2, -0.15) is 13.2 Å². The molecule has 1 aromatic rings. The SMILES string of the molecule is Cc1cc(C(F)(F)F)ccc1CC1CNCCC1C. The normalized spacial score (nSPS) is 24.5. The fraction of sp³-hybridized carbons (Fsp3) is 0.600. The molecule has 19 heavy (non-hydrogen) atoms.